The van der Waals surface area contributed by atoms with Gasteiger partial charge in [-0.05, 0) is 24.1 Å². The lowest BCUT2D eigenvalue weighted by molar-refractivity contribution is 0.0696. The van der Waals surface area contributed by atoms with Crippen LogP contribution in [0.15, 0.2) is 24.3 Å². The number of carboxylic acid groups (broad SMARTS) is 1. The third kappa shape index (κ3) is 4.97. The van der Waals surface area contributed by atoms with Gasteiger partial charge in [-0.3, -0.25) is 0 Å². The number of carbonyl (C=O) groups is 1. The van der Waals surface area contributed by atoms with Crippen molar-refractivity contribution in [3.8, 4) is 0 Å². The minimum atomic E-state index is -0.919. The predicted octanol–water partition coefficient (Wildman–Crippen LogP) is 1.64. The summed E-state index contributed by atoms with van der Waals surface area (Å²) in [5, 5.41) is 21.5. The van der Waals surface area contributed by atoms with Crippen molar-refractivity contribution < 1.29 is 15.0 Å². The summed E-state index contributed by atoms with van der Waals surface area (Å²) in [5.74, 6) is -0.919. The molecule has 0 saturated heterocycles. The molecule has 1 aromatic carbocycles. The molecule has 0 aliphatic rings. The lowest BCUT2D eigenvalue weighted by Crippen LogP contribution is -2.26. The zero-order valence-electron chi connectivity index (χ0n) is 10.0. The highest BCUT2D eigenvalue weighted by molar-refractivity contribution is 5.87. The molecule has 0 aromatic heterocycles. The van der Waals surface area contributed by atoms with Crippen LogP contribution in [0.1, 0.15) is 35.7 Å². The Morgan fingerprint density at radius 1 is 1.47 bits per heavy atom. The maximum Gasteiger partial charge on any atom is 0.335 e. The fraction of sp³-hybridized carbons (Fsp3) is 0.462. The Kier molecular flexibility index (Phi) is 5.66. The van der Waals surface area contributed by atoms with Crippen molar-refractivity contribution in [2.24, 2.45) is 0 Å². The topological polar surface area (TPSA) is 69.6 Å². The quantitative estimate of drug-likeness (QED) is 0.674. The number of aliphatic hydroxyl groups excluding tert-OH is 1. The Labute approximate surface area is 101 Å². The number of aliphatic hydroxyl groups is 1. The lowest BCUT2D eigenvalue weighted by Gasteiger charge is -2.10. The first-order valence-electron chi connectivity index (χ1n) is 5.84. The van der Waals surface area contributed by atoms with Crippen LogP contribution in [-0.2, 0) is 6.54 Å². The first-order valence-corrected chi connectivity index (χ1v) is 5.84. The average molecular weight is 237 g/mol. The van der Waals surface area contributed by atoms with E-state index < -0.39 is 5.97 Å². The van der Waals surface area contributed by atoms with E-state index in [9.17, 15) is 9.90 Å². The molecule has 0 aliphatic heterocycles. The Balaban J connectivity index is 2.41. The van der Waals surface area contributed by atoms with Crippen molar-refractivity contribution in [3.63, 3.8) is 0 Å². The van der Waals surface area contributed by atoms with Crippen LogP contribution in [0, 0.1) is 0 Å². The monoisotopic (exact) mass is 237 g/mol. The van der Waals surface area contributed by atoms with Crippen LogP contribution >= 0.6 is 0 Å². The summed E-state index contributed by atoms with van der Waals surface area (Å²) < 4.78 is 0. The summed E-state index contributed by atoms with van der Waals surface area (Å²) in [7, 11) is 0. The zero-order valence-corrected chi connectivity index (χ0v) is 10.0. The standard InChI is InChI=1S/C13H19NO3/c1-2-4-12(15)9-14-8-10-5-3-6-11(7-10)13(16)17/h3,5-7,12,14-15H,2,4,8-9H2,1H3,(H,16,17). The van der Waals surface area contributed by atoms with Gasteiger partial charge < -0.3 is 15.5 Å². The minimum Gasteiger partial charge on any atom is -0.478 e. The molecule has 1 rings (SSSR count). The smallest absolute Gasteiger partial charge is 0.335 e. The maximum absolute atomic E-state index is 10.8. The van der Waals surface area contributed by atoms with Crippen molar-refractivity contribution in [2.45, 2.75) is 32.4 Å². The molecule has 4 nitrogen and oxygen atoms in total. The number of nitrogens with one attached hydrogen (secondary N) is 1. The largest absolute Gasteiger partial charge is 0.478 e. The van der Waals surface area contributed by atoms with Crippen molar-refractivity contribution in [3.05, 3.63) is 35.4 Å². The van der Waals surface area contributed by atoms with E-state index in [-0.39, 0.29) is 6.10 Å². The molecule has 0 saturated carbocycles. The second-order valence-corrected chi connectivity index (χ2v) is 4.08. The van der Waals surface area contributed by atoms with Gasteiger partial charge in [-0.25, -0.2) is 4.79 Å². The molecule has 0 heterocycles. The third-order valence-corrected chi connectivity index (χ3v) is 2.50. The summed E-state index contributed by atoms with van der Waals surface area (Å²) in [5.41, 5.74) is 1.20. The van der Waals surface area contributed by atoms with Gasteiger partial charge in [0.2, 0.25) is 0 Å². The van der Waals surface area contributed by atoms with Crippen molar-refractivity contribution in [2.75, 3.05) is 6.54 Å². The molecule has 0 aliphatic carbocycles. The first kappa shape index (κ1) is 13.7. The van der Waals surface area contributed by atoms with Gasteiger partial charge in [-0.2, -0.15) is 0 Å². The van der Waals surface area contributed by atoms with Gasteiger partial charge in [0.05, 0.1) is 11.7 Å². The van der Waals surface area contributed by atoms with Gasteiger partial charge in [0.1, 0.15) is 0 Å². The molecule has 0 fully saturated rings. The average Bonchev–Trinajstić information content (AvgIpc) is 2.30. The second kappa shape index (κ2) is 7.04. The molecule has 0 radical (unpaired) electrons. The highest BCUT2D eigenvalue weighted by Gasteiger charge is 2.04. The van der Waals surface area contributed by atoms with Crippen LogP contribution in [0.4, 0.5) is 0 Å². The van der Waals surface area contributed by atoms with E-state index in [4.69, 9.17) is 5.11 Å². The zero-order chi connectivity index (χ0) is 12.7. The minimum absolute atomic E-state index is 0.290. The molecule has 94 valence electrons. The van der Waals surface area contributed by atoms with E-state index in [1.54, 1.807) is 18.2 Å². The van der Waals surface area contributed by atoms with Gasteiger partial charge in [0.15, 0.2) is 0 Å². The van der Waals surface area contributed by atoms with E-state index in [0.29, 0.717) is 18.7 Å². The van der Waals surface area contributed by atoms with E-state index in [0.717, 1.165) is 18.4 Å². The number of benzene rings is 1. The lowest BCUT2D eigenvalue weighted by atomic mass is 10.1. The van der Waals surface area contributed by atoms with E-state index in [2.05, 4.69) is 5.32 Å². The number of hydrogen-bond acceptors (Lipinski definition) is 3. The van der Waals surface area contributed by atoms with Gasteiger partial charge >= 0.3 is 5.97 Å². The highest BCUT2D eigenvalue weighted by atomic mass is 16.4. The van der Waals surface area contributed by atoms with Crippen molar-refractivity contribution in [1.29, 1.82) is 0 Å². The van der Waals surface area contributed by atoms with Crippen LogP contribution < -0.4 is 5.32 Å². The molecule has 0 spiro atoms. The number of hydrogen-bond donors (Lipinski definition) is 3. The fourth-order valence-electron chi connectivity index (χ4n) is 1.63. The van der Waals surface area contributed by atoms with Crippen LogP contribution in [0.2, 0.25) is 0 Å². The molecule has 1 unspecified atom stereocenters. The molecule has 3 N–H and O–H groups in total. The molecule has 4 heteroatoms. The molecule has 1 aromatic rings. The summed E-state index contributed by atoms with van der Waals surface area (Å²) in [6.45, 7) is 3.13. The summed E-state index contributed by atoms with van der Waals surface area (Å²) in [6.07, 6.45) is 1.40. The first-order chi connectivity index (χ1) is 8.13. The SMILES string of the molecule is CCCC(O)CNCc1cccc(C(=O)O)c1. The Morgan fingerprint density at radius 2 is 2.24 bits per heavy atom. The van der Waals surface area contributed by atoms with Crippen molar-refractivity contribution >= 4 is 5.97 Å². The van der Waals surface area contributed by atoms with Gasteiger partial charge in [0, 0.05) is 13.1 Å². The van der Waals surface area contributed by atoms with E-state index in [1.165, 1.54) is 0 Å². The van der Waals surface area contributed by atoms with Gasteiger partial charge in [0.25, 0.3) is 0 Å². The maximum atomic E-state index is 10.8. The Morgan fingerprint density at radius 3 is 2.88 bits per heavy atom. The van der Waals surface area contributed by atoms with Gasteiger partial charge in [-0.15, -0.1) is 0 Å². The highest BCUT2D eigenvalue weighted by Crippen LogP contribution is 2.05. The summed E-state index contributed by atoms with van der Waals surface area (Å²) in [4.78, 5) is 10.8. The molecule has 0 bridgehead atoms. The Bertz CT molecular complexity index is 365. The van der Waals surface area contributed by atoms with E-state index >= 15 is 0 Å². The van der Waals surface area contributed by atoms with Crippen LogP contribution in [0.25, 0.3) is 0 Å². The Hall–Kier alpha value is -1.39. The number of carboxylic acids is 1. The van der Waals surface area contributed by atoms with Crippen molar-refractivity contribution in [1.82, 2.24) is 5.32 Å². The van der Waals surface area contributed by atoms with Crippen LogP contribution in [0.3, 0.4) is 0 Å². The third-order valence-electron chi connectivity index (χ3n) is 2.50. The molecule has 1 atom stereocenters. The number of aromatic carboxylic acids is 1. The number of rotatable bonds is 7. The van der Waals surface area contributed by atoms with Crippen LogP contribution in [-0.4, -0.2) is 28.8 Å². The molecule has 17 heavy (non-hydrogen) atoms. The normalized spacial score (nSPS) is 12.4. The predicted molar refractivity (Wildman–Crippen MR) is 66.0 cm³/mol. The van der Waals surface area contributed by atoms with E-state index in [1.807, 2.05) is 13.0 Å². The van der Waals surface area contributed by atoms with Gasteiger partial charge in [-0.1, -0.05) is 25.5 Å². The molecular weight excluding hydrogens is 218 g/mol. The summed E-state index contributed by atoms with van der Waals surface area (Å²) in [6, 6.07) is 6.80. The molecular formula is C13H19NO3. The molecule has 0 amide bonds. The van der Waals surface area contributed by atoms with Crippen LogP contribution in [0.5, 0.6) is 0 Å². The summed E-state index contributed by atoms with van der Waals surface area (Å²) >= 11 is 0. The fourth-order valence-corrected chi connectivity index (χ4v) is 1.63. The second-order valence-electron chi connectivity index (χ2n) is 4.08.